The van der Waals surface area contributed by atoms with Crippen molar-refractivity contribution in [1.29, 1.82) is 0 Å². The summed E-state index contributed by atoms with van der Waals surface area (Å²) in [5.74, 6) is 1.80. The number of ether oxygens (including phenoxy) is 2. The van der Waals surface area contributed by atoms with Crippen molar-refractivity contribution < 1.29 is 14.3 Å². The highest BCUT2D eigenvalue weighted by Gasteiger charge is 2.23. The number of carbonyl (C=O) groups excluding carboxylic acids is 1. The first kappa shape index (κ1) is 20.1. The molecule has 0 spiro atoms. The number of imidazole rings is 1. The topological polar surface area (TPSA) is 91.5 Å². The number of methoxy groups -OCH3 is 1. The Morgan fingerprint density at radius 1 is 1.33 bits per heavy atom. The second-order valence-electron chi connectivity index (χ2n) is 7.53. The highest BCUT2D eigenvalue weighted by atomic mass is 16.5. The van der Waals surface area contributed by atoms with E-state index in [2.05, 4.69) is 9.97 Å². The Balaban J connectivity index is 1.59. The summed E-state index contributed by atoms with van der Waals surface area (Å²) in [5, 5.41) is 0. The summed E-state index contributed by atoms with van der Waals surface area (Å²) in [6, 6.07) is 6.92. The summed E-state index contributed by atoms with van der Waals surface area (Å²) in [6.07, 6.45) is 3.95. The standard InChI is InChI=1S/C21H25N5O4/c1-24(9-10-30-13-14-7-8-14)20(27)26-17-12-22-18(23-19(17)25(2)21(26)28)15-5-4-6-16(11-15)29-3/h4-6,11-12,14H,7-10,13H2,1-3H3. The molecule has 0 N–H and O–H groups in total. The molecule has 0 aliphatic heterocycles. The Kier molecular flexibility index (Phi) is 5.54. The van der Waals surface area contributed by atoms with Crippen LogP contribution in [0.3, 0.4) is 0 Å². The molecule has 4 rings (SSSR count). The fraction of sp³-hybridized carbons (Fsp3) is 0.429. The Bertz CT molecular complexity index is 1130. The van der Waals surface area contributed by atoms with Crippen LogP contribution in [-0.4, -0.2) is 63.9 Å². The van der Waals surface area contributed by atoms with Crippen molar-refractivity contribution in [2.75, 3.05) is 33.9 Å². The molecule has 1 fully saturated rings. The minimum Gasteiger partial charge on any atom is -0.497 e. The summed E-state index contributed by atoms with van der Waals surface area (Å²) in [6.45, 7) is 1.57. The third-order valence-electron chi connectivity index (χ3n) is 5.25. The van der Waals surface area contributed by atoms with Crippen LogP contribution in [0, 0.1) is 5.92 Å². The van der Waals surface area contributed by atoms with E-state index >= 15 is 0 Å². The lowest BCUT2D eigenvalue weighted by atomic mass is 10.2. The maximum atomic E-state index is 12.9. The van der Waals surface area contributed by atoms with Crippen LogP contribution in [-0.2, 0) is 11.8 Å². The molecule has 3 aromatic rings. The van der Waals surface area contributed by atoms with Crippen molar-refractivity contribution in [3.63, 3.8) is 0 Å². The summed E-state index contributed by atoms with van der Waals surface area (Å²) in [5.41, 5.74) is 1.05. The van der Waals surface area contributed by atoms with Crippen LogP contribution in [0.25, 0.3) is 22.6 Å². The van der Waals surface area contributed by atoms with Crippen LogP contribution in [0.5, 0.6) is 5.75 Å². The first-order valence-corrected chi connectivity index (χ1v) is 9.91. The number of hydrogen-bond donors (Lipinski definition) is 0. The van der Waals surface area contributed by atoms with Crippen LogP contribution in [0.15, 0.2) is 35.3 Å². The Morgan fingerprint density at radius 2 is 2.13 bits per heavy atom. The maximum Gasteiger partial charge on any atom is 0.338 e. The monoisotopic (exact) mass is 411 g/mol. The van der Waals surface area contributed by atoms with Gasteiger partial charge in [-0.3, -0.25) is 4.57 Å². The molecule has 1 aliphatic carbocycles. The van der Waals surface area contributed by atoms with E-state index in [-0.39, 0.29) is 0 Å². The summed E-state index contributed by atoms with van der Waals surface area (Å²) in [4.78, 5) is 36.1. The van der Waals surface area contributed by atoms with Gasteiger partial charge in [0, 0.05) is 32.8 Å². The van der Waals surface area contributed by atoms with Gasteiger partial charge in [0.2, 0.25) is 0 Å². The van der Waals surface area contributed by atoms with Gasteiger partial charge in [-0.25, -0.2) is 24.1 Å². The van der Waals surface area contributed by atoms with Crippen molar-refractivity contribution >= 4 is 17.2 Å². The largest absolute Gasteiger partial charge is 0.497 e. The number of aryl methyl sites for hydroxylation is 1. The maximum absolute atomic E-state index is 12.9. The molecule has 1 aliphatic rings. The molecule has 2 heterocycles. The van der Waals surface area contributed by atoms with Crippen LogP contribution >= 0.6 is 0 Å². The molecule has 9 nitrogen and oxygen atoms in total. The van der Waals surface area contributed by atoms with E-state index in [1.165, 1.54) is 28.5 Å². The lowest BCUT2D eigenvalue weighted by Crippen LogP contribution is -2.39. The second kappa shape index (κ2) is 8.27. The normalized spacial score (nSPS) is 13.6. The molecule has 2 aromatic heterocycles. The predicted molar refractivity (Wildman–Crippen MR) is 112 cm³/mol. The van der Waals surface area contributed by atoms with E-state index in [1.54, 1.807) is 21.2 Å². The van der Waals surface area contributed by atoms with Crippen molar-refractivity contribution in [1.82, 2.24) is 24.0 Å². The smallest absolute Gasteiger partial charge is 0.338 e. The van der Waals surface area contributed by atoms with Crippen molar-refractivity contribution in [3.05, 3.63) is 40.9 Å². The molecule has 0 radical (unpaired) electrons. The molecular formula is C21H25N5O4. The van der Waals surface area contributed by atoms with Gasteiger partial charge in [-0.15, -0.1) is 0 Å². The molecule has 0 saturated heterocycles. The highest BCUT2D eigenvalue weighted by Crippen LogP contribution is 2.28. The number of nitrogens with zero attached hydrogens (tertiary/aromatic N) is 5. The van der Waals surface area contributed by atoms with Gasteiger partial charge >= 0.3 is 11.7 Å². The van der Waals surface area contributed by atoms with Crippen LogP contribution in [0.4, 0.5) is 4.79 Å². The average molecular weight is 411 g/mol. The Morgan fingerprint density at radius 3 is 2.87 bits per heavy atom. The first-order chi connectivity index (χ1) is 14.5. The van der Waals surface area contributed by atoms with Crippen LogP contribution in [0.1, 0.15) is 12.8 Å². The zero-order valence-corrected chi connectivity index (χ0v) is 17.4. The number of benzene rings is 1. The van der Waals surface area contributed by atoms with E-state index in [0.29, 0.717) is 41.8 Å². The predicted octanol–water partition coefficient (Wildman–Crippen LogP) is 2.13. The second-order valence-corrected chi connectivity index (χ2v) is 7.53. The van der Waals surface area contributed by atoms with Gasteiger partial charge in [0.15, 0.2) is 11.5 Å². The molecule has 1 saturated carbocycles. The number of carbonyl (C=O) groups is 1. The molecule has 1 amide bonds. The number of rotatable bonds is 7. The Labute approximate surface area is 173 Å². The van der Waals surface area contributed by atoms with Crippen LogP contribution < -0.4 is 10.4 Å². The molecule has 0 atom stereocenters. The molecule has 1 aromatic carbocycles. The molecule has 0 unspecified atom stereocenters. The van der Waals surface area contributed by atoms with E-state index in [1.807, 2.05) is 24.3 Å². The van der Waals surface area contributed by atoms with E-state index in [0.717, 1.165) is 16.7 Å². The molecular weight excluding hydrogens is 386 g/mol. The van der Waals surface area contributed by atoms with Gasteiger partial charge in [-0.2, -0.15) is 0 Å². The molecule has 158 valence electrons. The third-order valence-corrected chi connectivity index (χ3v) is 5.25. The number of aromatic nitrogens is 4. The zero-order valence-electron chi connectivity index (χ0n) is 17.4. The van der Waals surface area contributed by atoms with E-state index in [4.69, 9.17) is 9.47 Å². The number of likely N-dealkylation sites (N-methyl/N-ethyl adjacent to an activating group) is 1. The first-order valence-electron chi connectivity index (χ1n) is 9.91. The number of fused-ring (bicyclic) bond motifs is 1. The van der Waals surface area contributed by atoms with Crippen molar-refractivity contribution in [3.8, 4) is 17.1 Å². The Hall–Kier alpha value is -3.20. The third kappa shape index (κ3) is 3.93. The van der Waals surface area contributed by atoms with Gasteiger partial charge in [-0.1, -0.05) is 12.1 Å². The molecule has 0 bridgehead atoms. The molecule has 30 heavy (non-hydrogen) atoms. The lowest BCUT2D eigenvalue weighted by Gasteiger charge is -2.17. The van der Waals surface area contributed by atoms with Crippen LogP contribution in [0.2, 0.25) is 0 Å². The lowest BCUT2D eigenvalue weighted by molar-refractivity contribution is 0.108. The van der Waals surface area contributed by atoms with Gasteiger partial charge < -0.3 is 14.4 Å². The van der Waals surface area contributed by atoms with E-state index < -0.39 is 11.7 Å². The van der Waals surface area contributed by atoms with E-state index in [9.17, 15) is 9.59 Å². The average Bonchev–Trinajstić information content (AvgIpc) is 3.56. The zero-order chi connectivity index (χ0) is 21.3. The number of amides is 1. The van der Waals surface area contributed by atoms with Crippen molar-refractivity contribution in [2.24, 2.45) is 13.0 Å². The summed E-state index contributed by atoms with van der Waals surface area (Å²) in [7, 11) is 4.83. The fourth-order valence-corrected chi connectivity index (χ4v) is 3.20. The number of hydrogen-bond acceptors (Lipinski definition) is 6. The SMILES string of the molecule is COc1cccc(-c2ncc3c(n2)n(C)c(=O)n3C(=O)N(C)CCOCC2CC2)c1. The van der Waals surface area contributed by atoms with Gasteiger partial charge in [0.1, 0.15) is 11.3 Å². The summed E-state index contributed by atoms with van der Waals surface area (Å²) >= 11 is 0. The minimum absolute atomic E-state index is 0.366. The van der Waals surface area contributed by atoms with Gasteiger partial charge in [-0.05, 0) is 30.9 Å². The van der Waals surface area contributed by atoms with Gasteiger partial charge in [0.05, 0.1) is 19.9 Å². The minimum atomic E-state index is -0.460. The molecule has 9 heteroatoms. The quantitative estimate of drug-likeness (QED) is 0.553. The fourth-order valence-electron chi connectivity index (χ4n) is 3.20. The van der Waals surface area contributed by atoms with Gasteiger partial charge in [0.25, 0.3) is 0 Å². The van der Waals surface area contributed by atoms with Crippen molar-refractivity contribution in [2.45, 2.75) is 12.8 Å². The summed E-state index contributed by atoms with van der Waals surface area (Å²) < 4.78 is 13.3. The highest BCUT2D eigenvalue weighted by molar-refractivity contribution is 5.88.